The van der Waals surface area contributed by atoms with Crippen LogP contribution >= 0.6 is 23.2 Å². The lowest BCUT2D eigenvalue weighted by atomic mass is 10.2. The molecule has 0 aliphatic carbocycles. The van der Waals surface area contributed by atoms with Crippen molar-refractivity contribution in [3.8, 4) is 0 Å². The molecule has 2 heterocycles. The summed E-state index contributed by atoms with van der Waals surface area (Å²) in [5.41, 5.74) is 1.55. The van der Waals surface area contributed by atoms with Gasteiger partial charge in [0.15, 0.2) is 5.65 Å². The molecule has 0 fully saturated rings. The second-order valence-corrected chi connectivity index (χ2v) is 4.02. The van der Waals surface area contributed by atoms with Crippen LogP contribution in [0.25, 0.3) is 16.6 Å². The lowest BCUT2D eigenvalue weighted by Gasteiger charge is -2.03. The molecule has 3 aromatic rings. The van der Waals surface area contributed by atoms with Crippen molar-refractivity contribution in [3.63, 3.8) is 0 Å². The summed E-state index contributed by atoms with van der Waals surface area (Å²) in [7, 11) is 0. The van der Waals surface area contributed by atoms with Gasteiger partial charge >= 0.3 is 0 Å². The molecule has 0 radical (unpaired) electrons. The van der Waals surface area contributed by atoms with Gasteiger partial charge in [-0.2, -0.15) is 9.61 Å². The van der Waals surface area contributed by atoms with Crippen LogP contribution in [0.5, 0.6) is 0 Å². The van der Waals surface area contributed by atoms with E-state index in [-0.39, 0.29) is 0 Å². The molecule has 0 unspecified atom stereocenters. The average molecular weight is 253 g/mol. The molecule has 0 saturated heterocycles. The summed E-state index contributed by atoms with van der Waals surface area (Å²) >= 11 is 11.8. The minimum atomic E-state index is 0.290. The van der Waals surface area contributed by atoms with Crippen molar-refractivity contribution in [3.05, 3.63) is 35.4 Å². The number of halogens is 2. The molecule has 0 amide bonds. The zero-order valence-electron chi connectivity index (χ0n) is 8.06. The fraction of sp³-hybridized carbons (Fsp3) is 0.100. The fourth-order valence-electron chi connectivity index (χ4n) is 1.67. The van der Waals surface area contributed by atoms with Crippen LogP contribution in [-0.2, 0) is 5.88 Å². The maximum Gasteiger partial charge on any atom is 0.166 e. The third-order valence-electron chi connectivity index (χ3n) is 2.36. The maximum absolute atomic E-state index is 5.95. The third kappa shape index (κ3) is 1.34. The van der Waals surface area contributed by atoms with Gasteiger partial charge < -0.3 is 0 Å². The van der Waals surface area contributed by atoms with Crippen LogP contribution in [0.3, 0.4) is 0 Å². The Labute approximate surface area is 101 Å². The molecule has 16 heavy (non-hydrogen) atoms. The average Bonchev–Trinajstić information content (AvgIpc) is 2.77. The van der Waals surface area contributed by atoms with E-state index in [1.165, 1.54) is 6.33 Å². The van der Waals surface area contributed by atoms with Crippen molar-refractivity contribution < 1.29 is 0 Å². The van der Waals surface area contributed by atoms with Crippen molar-refractivity contribution in [2.24, 2.45) is 0 Å². The SMILES string of the molecule is ClCc1nc2ccc(Cl)cc2c2ncnn12. The van der Waals surface area contributed by atoms with Gasteiger partial charge in [0.25, 0.3) is 0 Å². The van der Waals surface area contributed by atoms with Crippen LogP contribution in [0.1, 0.15) is 5.82 Å². The molecule has 2 aromatic heterocycles. The van der Waals surface area contributed by atoms with E-state index >= 15 is 0 Å². The second kappa shape index (κ2) is 3.57. The lowest BCUT2D eigenvalue weighted by Crippen LogP contribution is -2.01. The molecular formula is C10H6Cl2N4. The number of hydrogen-bond donors (Lipinski definition) is 0. The van der Waals surface area contributed by atoms with Gasteiger partial charge in [0.05, 0.1) is 11.4 Å². The molecule has 0 bridgehead atoms. The normalized spacial score (nSPS) is 11.4. The summed E-state index contributed by atoms with van der Waals surface area (Å²) in [6.45, 7) is 0. The van der Waals surface area contributed by atoms with E-state index in [9.17, 15) is 0 Å². The Bertz CT molecular complexity index is 677. The number of fused-ring (bicyclic) bond motifs is 3. The van der Waals surface area contributed by atoms with E-state index in [1.807, 2.05) is 12.1 Å². The monoisotopic (exact) mass is 252 g/mol. The number of hydrogen-bond acceptors (Lipinski definition) is 3. The minimum absolute atomic E-state index is 0.290. The summed E-state index contributed by atoms with van der Waals surface area (Å²) in [6.07, 6.45) is 1.48. The van der Waals surface area contributed by atoms with E-state index in [0.717, 1.165) is 16.6 Å². The maximum atomic E-state index is 5.95. The molecule has 0 N–H and O–H groups in total. The van der Waals surface area contributed by atoms with E-state index in [4.69, 9.17) is 23.2 Å². The molecule has 1 aromatic carbocycles. The number of nitrogens with zero attached hydrogens (tertiary/aromatic N) is 4. The Morgan fingerprint density at radius 3 is 3.00 bits per heavy atom. The third-order valence-corrected chi connectivity index (χ3v) is 2.83. The Morgan fingerprint density at radius 2 is 2.19 bits per heavy atom. The number of benzene rings is 1. The number of rotatable bonds is 1. The van der Waals surface area contributed by atoms with Crippen molar-refractivity contribution >= 4 is 39.8 Å². The highest BCUT2D eigenvalue weighted by Gasteiger charge is 2.09. The van der Waals surface area contributed by atoms with Crippen molar-refractivity contribution in [1.82, 2.24) is 19.6 Å². The molecule has 6 heteroatoms. The lowest BCUT2D eigenvalue weighted by molar-refractivity contribution is 0.865. The minimum Gasteiger partial charge on any atom is -0.231 e. The smallest absolute Gasteiger partial charge is 0.166 e. The zero-order valence-corrected chi connectivity index (χ0v) is 9.57. The predicted molar refractivity (Wildman–Crippen MR) is 62.9 cm³/mol. The van der Waals surface area contributed by atoms with Crippen LogP contribution in [-0.4, -0.2) is 19.6 Å². The van der Waals surface area contributed by atoms with Gasteiger partial charge in [0, 0.05) is 10.4 Å². The summed E-state index contributed by atoms with van der Waals surface area (Å²) in [4.78, 5) is 8.60. The Balaban J connectivity index is 2.54. The summed E-state index contributed by atoms with van der Waals surface area (Å²) in [5, 5.41) is 5.61. The van der Waals surface area contributed by atoms with Crippen molar-refractivity contribution in [2.75, 3.05) is 0 Å². The summed E-state index contributed by atoms with van der Waals surface area (Å²) in [5.74, 6) is 0.960. The van der Waals surface area contributed by atoms with Crippen LogP contribution < -0.4 is 0 Å². The molecular weight excluding hydrogens is 247 g/mol. The Kier molecular flexibility index (Phi) is 2.19. The van der Waals surface area contributed by atoms with Gasteiger partial charge in [-0.15, -0.1) is 11.6 Å². The van der Waals surface area contributed by atoms with E-state index < -0.39 is 0 Å². The molecule has 0 atom stereocenters. The zero-order chi connectivity index (χ0) is 11.1. The van der Waals surface area contributed by atoms with Crippen molar-refractivity contribution in [1.29, 1.82) is 0 Å². The summed E-state index contributed by atoms with van der Waals surface area (Å²) < 4.78 is 1.63. The second-order valence-electron chi connectivity index (χ2n) is 3.32. The van der Waals surface area contributed by atoms with Crippen LogP contribution in [0.2, 0.25) is 5.02 Å². The molecule has 0 spiro atoms. The summed E-state index contributed by atoms with van der Waals surface area (Å²) in [6, 6.07) is 5.47. The van der Waals surface area contributed by atoms with Gasteiger partial charge in [-0.25, -0.2) is 9.97 Å². The fourth-order valence-corrected chi connectivity index (χ4v) is 2.02. The van der Waals surface area contributed by atoms with Crippen LogP contribution in [0.4, 0.5) is 0 Å². The molecule has 0 aliphatic heterocycles. The predicted octanol–water partition coefficient (Wildman–Crippen LogP) is 2.67. The van der Waals surface area contributed by atoms with E-state index in [2.05, 4.69) is 15.1 Å². The quantitative estimate of drug-likeness (QED) is 0.626. The van der Waals surface area contributed by atoms with Gasteiger partial charge in [-0.1, -0.05) is 11.6 Å². The van der Waals surface area contributed by atoms with Gasteiger partial charge in [-0.05, 0) is 18.2 Å². The molecule has 0 saturated carbocycles. The first-order valence-electron chi connectivity index (χ1n) is 4.63. The molecule has 4 nitrogen and oxygen atoms in total. The van der Waals surface area contributed by atoms with Gasteiger partial charge in [0.1, 0.15) is 12.2 Å². The molecule has 0 aliphatic rings. The Morgan fingerprint density at radius 1 is 1.31 bits per heavy atom. The Hall–Kier alpha value is -1.39. The van der Waals surface area contributed by atoms with Gasteiger partial charge in [-0.3, -0.25) is 0 Å². The van der Waals surface area contributed by atoms with Crippen LogP contribution in [0.15, 0.2) is 24.5 Å². The van der Waals surface area contributed by atoms with Crippen molar-refractivity contribution in [2.45, 2.75) is 5.88 Å². The first-order valence-corrected chi connectivity index (χ1v) is 5.54. The highest BCUT2D eigenvalue weighted by molar-refractivity contribution is 6.31. The number of alkyl halides is 1. The van der Waals surface area contributed by atoms with Crippen LogP contribution in [0, 0.1) is 0 Å². The molecule has 3 rings (SSSR count). The first kappa shape index (κ1) is 9.81. The highest BCUT2D eigenvalue weighted by atomic mass is 35.5. The van der Waals surface area contributed by atoms with Gasteiger partial charge in [0.2, 0.25) is 0 Å². The first-order chi connectivity index (χ1) is 7.79. The topological polar surface area (TPSA) is 43.1 Å². The number of aromatic nitrogens is 4. The molecule has 80 valence electrons. The van der Waals surface area contributed by atoms with E-state index in [0.29, 0.717) is 16.7 Å². The largest absolute Gasteiger partial charge is 0.231 e. The van der Waals surface area contributed by atoms with E-state index in [1.54, 1.807) is 10.6 Å². The highest BCUT2D eigenvalue weighted by Crippen LogP contribution is 2.22. The standard InChI is InChI=1S/C10H6Cl2N4/c11-4-9-15-8-2-1-6(12)3-7(8)10-13-5-14-16(9)10/h1-3,5H,4H2.